The van der Waals surface area contributed by atoms with Gasteiger partial charge in [-0.2, -0.15) is 0 Å². The number of hydrogen-bond donors (Lipinski definition) is 1. The number of carbonyl (C=O) groups excluding carboxylic acids is 2. The second-order valence-corrected chi connectivity index (χ2v) is 7.64. The number of hydrogen-bond acceptors (Lipinski definition) is 7. The molecule has 0 saturated heterocycles. The molecule has 0 bridgehead atoms. The SMILES string of the molecule is COC(=O)c1sc(NC(=O)Cn2ccc3cc(OC(C)C)ccc3c2=O)nc1C. The highest BCUT2D eigenvalue weighted by Gasteiger charge is 2.17. The standard InChI is InChI=1S/C20H21N3O5S/c1-11(2)28-14-5-6-15-13(9-14)7-8-23(18(15)25)10-16(24)22-20-21-12(3)17(29-20)19(26)27-4/h5-9,11H,10H2,1-4H3,(H,21,22,24). The fourth-order valence-electron chi connectivity index (χ4n) is 2.78. The van der Waals surface area contributed by atoms with Crippen LogP contribution in [0.5, 0.6) is 5.75 Å². The zero-order valence-corrected chi connectivity index (χ0v) is 17.3. The molecule has 0 fully saturated rings. The van der Waals surface area contributed by atoms with Crippen molar-refractivity contribution >= 4 is 39.1 Å². The van der Waals surface area contributed by atoms with Crippen LogP contribution in [0.25, 0.3) is 10.8 Å². The summed E-state index contributed by atoms with van der Waals surface area (Å²) in [5.74, 6) is -0.244. The molecular formula is C20H21N3O5S. The topological polar surface area (TPSA) is 99.5 Å². The highest BCUT2D eigenvalue weighted by atomic mass is 32.1. The zero-order valence-electron chi connectivity index (χ0n) is 16.5. The molecule has 1 amide bonds. The summed E-state index contributed by atoms with van der Waals surface area (Å²) in [5, 5.41) is 4.13. The number of rotatable bonds is 6. The summed E-state index contributed by atoms with van der Waals surface area (Å²) in [5.41, 5.74) is 0.193. The summed E-state index contributed by atoms with van der Waals surface area (Å²) in [6.45, 7) is 5.34. The van der Waals surface area contributed by atoms with Crippen LogP contribution >= 0.6 is 11.3 Å². The minimum Gasteiger partial charge on any atom is -0.491 e. The van der Waals surface area contributed by atoms with E-state index in [0.29, 0.717) is 21.7 Å². The van der Waals surface area contributed by atoms with Gasteiger partial charge >= 0.3 is 5.97 Å². The molecule has 2 aromatic heterocycles. The molecule has 152 valence electrons. The molecule has 0 spiro atoms. The molecule has 2 heterocycles. The Kier molecular flexibility index (Phi) is 5.97. The van der Waals surface area contributed by atoms with Gasteiger partial charge in [-0.3, -0.25) is 9.59 Å². The van der Waals surface area contributed by atoms with E-state index in [1.807, 2.05) is 13.8 Å². The van der Waals surface area contributed by atoms with Crippen molar-refractivity contribution in [3.63, 3.8) is 0 Å². The Hall–Kier alpha value is -3.20. The number of anilines is 1. The van der Waals surface area contributed by atoms with Crippen LogP contribution in [0.3, 0.4) is 0 Å². The van der Waals surface area contributed by atoms with Gasteiger partial charge in [0.25, 0.3) is 5.56 Å². The van der Waals surface area contributed by atoms with Crippen molar-refractivity contribution in [2.75, 3.05) is 12.4 Å². The van der Waals surface area contributed by atoms with Gasteiger partial charge in [0.1, 0.15) is 17.2 Å². The quantitative estimate of drug-likeness (QED) is 0.622. The van der Waals surface area contributed by atoms with Gasteiger partial charge in [-0.15, -0.1) is 0 Å². The predicted molar refractivity (Wildman–Crippen MR) is 111 cm³/mol. The maximum absolute atomic E-state index is 12.7. The van der Waals surface area contributed by atoms with Crippen molar-refractivity contribution in [3.05, 3.63) is 51.4 Å². The van der Waals surface area contributed by atoms with Gasteiger partial charge in [-0.25, -0.2) is 9.78 Å². The maximum Gasteiger partial charge on any atom is 0.350 e. The number of methoxy groups -OCH3 is 1. The molecule has 9 heteroatoms. The molecule has 3 rings (SSSR count). The summed E-state index contributed by atoms with van der Waals surface area (Å²) in [7, 11) is 1.28. The number of ether oxygens (including phenoxy) is 2. The van der Waals surface area contributed by atoms with Crippen LogP contribution in [0.2, 0.25) is 0 Å². The van der Waals surface area contributed by atoms with Crippen LogP contribution in [0.4, 0.5) is 5.13 Å². The monoisotopic (exact) mass is 415 g/mol. The number of aromatic nitrogens is 2. The Morgan fingerprint density at radius 2 is 2.03 bits per heavy atom. The zero-order chi connectivity index (χ0) is 21.1. The Labute approximate surface area is 171 Å². The van der Waals surface area contributed by atoms with Crippen LogP contribution in [0, 0.1) is 6.92 Å². The van der Waals surface area contributed by atoms with E-state index >= 15 is 0 Å². The average molecular weight is 415 g/mol. The number of carbonyl (C=O) groups is 2. The molecule has 29 heavy (non-hydrogen) atoms. The smallest absolute Gasteiger partial charge is 0.350 e. The molecular weight excluding hydrogens is 394 g/mol. The molecule has 0 saturated carbocycles. The van der Waals surface area contributed by atoms with E-state index in [4.69, 9.17) is 4.74 Å². The summed E-state index contributed by atoms with van der Waals surface area (Å²) in [6.07, 6.45) is 1.60. The third-order valence-electron chi connectivity index (χ3n) is 4.05. The fourth-order valence-corrected chi connectivity index (χ4v) is 3.68. The molecule has 1 aromatic carbocycles. The van der Waals surface area contributed by atoms with Crippen LogP contribution < -0.4 is 15.6 Å². The summed E-state index contributed by atoms with van der Waals surface area (Å²) in [4.78, 5) is 41.2. The first-order chi connectivity index (χ1) is 13.8. The van der Waals surface area contributed by atoms with E-state index in [-0.39, 0.29) is 23.3 Å². The normalized spacial score (nSPS) is 10.9. The third-order valence-corrected chi connectivity index (χ3v) is 5.10. The lowest BCUT2D eigenvalue weighted by atomic mass is 10.1. The number of amides is 1. The lowest BCUT2D eigenvalue weighted by Crippen LogP contribution is -2.27. The fraction of sp³-hybridized carbons (Fsp3) is 0.300. The third kappa shape index (κ3) is 4.62. The highest BCUT2D eigenvalue weighted by Crippen LogP contribution is 2.23. The average Bonchev–Trinajstić information content (AvgIpc) is 3.03. The number of aryl methyl sites for hydroxylation is 1. The minimum atomic E-state index is -0.507. The van der Waals surface area contributed by atoms with Gasteiger partial charge < -0.3 is 19.4 Å². The largest absolute Gasteiger partial charge is 0.491 e. The molecule has 3 aromatic rings. The van der Waals surface area contributed by atoms with E-state index in [2.05, 4.69) is 15.0 Å². The molecule has 0 radical (unpaired) electrons. The number of thiazole rings is 1. The van der Waals surface area contributed by atoms with Crippen molar-refractivity contribution in [3.8, 4) is 5.75 Å². The van der Waals surface area contributed by atoms with E-state index in [0.717, 1.165) is 16.7 Å². The van der Waals surface area contributed by atoms with E-state index in [1.165, 1.54) is 11.7 Å². The number of pyridine rings is 1. The molecule has 0 unspecified atom stereocenters. The second-order valence-electron chi connectivity index (χ2n) is 6.64. The Balaban J connectivity index is 1.77. The summed E-state index contributed by atoms with van der Waals surface area (Å²) in [6, 6.07) is 6.99. The van der Waals surface area contributed by atoms with Crippen LogP contribution in [0.15, 0.2) is 35.3 Å². The highest BCUT2D eigenvalue weighted by molar-refractivity contribution is 7.17. The first kappa shape index (κ1) is 20.5. The van der Waals surface area contributed by atoms with Crippen molar-refractivity contribution in [2.24, 2.45) is 0 Å². The Morgan fingerprint density at radius 3 is 2.72 bits per heavy atom. The number of fused-ring (bicyclic) bond motifs is 1. The molecule has 0 atom stereocenters. The lowest BCUT2D eigenvalue weighted by Gasteiger charge is -2.11. The van der Waals surface area contributed by atoms with E-state index < -0.39 is 11.9 Å². The molecule has 8 nitrogen and oxygen atoms in total. The van der Waals surface area contributed by atoms with E-state index in [9.17, 15) is 14.4 Å². The first-order valence-corrected chi connectivity index (χ1v) is 9.75. The predicted octanol–water partition coefficient (Wildman–Crippen LogP) is 2.98. The summed E-state index contributed by atoms with van der Waals surface area (Å²) >= 11 is 1.03. The molecule has 0 aliphatic rings. The van der Waals surface area contributed by atoms with Gasteiger partial charge in [0.15, 0.2) is 5.13 Å². The lowest BCUT2D eigenvalue weighted by molar-refractivity contribution is -0.116. The number of benzene rings is 1. The molecule has 0 aliphatic carbocycles. The summed E-state index contributed by atoms with van der Waals surface area (Å²) < 4.78 is 11.7. The van der Waals surface area contributed by atoms with Gasteiger partial charge in [0.05, 0.1) is 18.9 Å². The second kappa shape index (κ2) is 8.44. The maximum atomic E-state index is 12.7. The molecule has 1 N–H and O–H groups in total. The number of nitrogens with zero attached hydrogens (tertiary/aromatic N) is 2. The van der Waals surface area contributed by atoms with Gasteiger partial charge in [0.2, 0.25) is 5.91 Å². The van der Waals surface area contributed by atoms with Gasteiger partial charge in [0, 0.05) is 11.6 Å². The van der Waals surface area contributed by atoms with Crippen molar-refractivity contribution in [1.82, 2.24) is 9.55 Å². The van der Waals surface area contributed by atoms with Crippen molar-refractivity contribution in [2.45, 2.75) is 33.4 Å². The van der Waals surface area contributed by atoms with Crippen LogP contribution in [-0.4, -0.2) is 34.6 Å². The minimum absolute atomic E-state index is 0.0331. The van der Waals surface area contributed by atoms with Gasteiger partial charge in [-0.1, -0.05) is 11.3 Å². The number of esters is 1. The van der Waals surface area contributed by atoms with Gasteiger partial charge in [-0.05, 0) is 50.4 Å². The van der Waals surface area contributed by atoms with Crippen LogP contribution in [-0.2, 0) is 16.1 Å². The first-order valence-electron chi connectivity index (χ1n) is 8.94. The number of nitrogens with one attached hydrogen (secondary N) is 1. The van der Waals surface area contributed by atoms with Crippen molar-refractivity contribution in [1.29, 1.82) is 0 Å². The van der Waals surface area contributed by atoms with E-state index in [1.54, 1.807) is 37.4 Å². The Bertz CT molecular complexity index is 1130. The van der Waals surface area contributed by atoms with Crippen molar-refractivity contribution < 1.29 is 19.1 Å². The molecule has 0 aliphatic heterocycles. The Morgan fingerprint density at radius 1 is 1.28 bits per heavy atom. The van der Waals surface area contributed by atoms with Crippen LogP contribution in [0.1, 0.15) is 29.2 Å².